The Labute approximate surface area is 40.3 Å². The highest BCUT2D eigenvalue weighted by Crippen LogP contribution is 2.23. The zero-order valence-corrected chi connectivity index (χ0v) is 3.79. The maximum absolute atomic E-state index is 11.8. The van der Waals surface area contributed by atoms with Crippen molar-refractivity contribution in [2.45, 2.75) is 12.3 Å². The second-order valence-electron chi connectivity index (χ2n) is 1.66. The Morgan fingerprint density at radius 3 is 2.29 bits per heavy atom. The Bertz CT molecular complexity index is 64.1. The number of ether oxygens (including phenoxy) is 1. The maximum atomic E-state index is 11.8. The molecule has 0 aromatic heterocycles. The SMILES string of the molecule is FC1(F)CCOC1. The number of alkyl halides is 2. The summed E-state index contributed by atoms with van der Waals surface area (Å²) in [5.41, 5.74) is 0. The zero-order valence-electron chi connectivity index (χ0n) is 3.79. The summed E-state index contributed by atoms with van der Waals surface area (Å²) >= 11 is 0. The fraction of sp³-hybridized carbons (Fsp3) is 1.00. The standard InChI is InChI=1S/C4H6F2O/c5-4(6)1-2-7-3-4/h1-3H2. The number of rotatable bonds is 0. The van der Waals surface area contributed by atoms with E-state index in [2.05, 4.69) is 4.74 Å². The summed E-state index contributed by atoms with van der Waals surface area (Å²) in [6.07, 6.45) is -0.104. The molecule has 1 aliphatic rings. The topological polar surface area (TPSA) is 9.23 Å². The summed E-state index contributed by atoms with van der Waals surface area (Å²) in [6, 6.07) is 0. The first-order chi connectivity index (χ1) is 3.21. The summed E-state index contributed by atoms with van der Waals surface area (Å²) in [4.78, 5) is 0. The van der Waals surface area contributed by atoms with Crippen molar-refractivity contribution >= 4 is 0 Å². The smallest absolute Gasteiger partial charge is 0.273 e. The van der Waals surface area contributed by atoms with Crippen molar-refractivity contribution in [2.24, 2.45) is 0 Å². The summed E-state index contributed by atoms with van der Waals surface area (Å²) in [6.45, 7) is -0.167. The molecule has 0 aliphatic carbocycles. The van der Waals surface area contributed by atoms with Crippen molar-refractivity contribution in [1.82, 2.24) is 0 Å². The predicted molar refractivity (Wildman–Crippen MR) is 20.4 cm³/mol. The van der Waals surface area contributed by atoms with Gasteiger partial charge in [-0.1, -0.05) is 0 Å². The largest absolute Gasteiger partial charge is 0.375 e. The Kier molecular flexibility index (Phi) is 0.995. The van der Waals surface area contributed by atoms with E-state index in [1.165, 1.54) is 0 Å². The van der Waals surface area contributed by atoms with Crippen LogP contribution in [0, 0.1) is 0 Å². The Hall–Kier alpha value is -0.180. The molecule has 7 heavy (non-hydrogen) atoms. The summed E-state index contributed by atoms with van der Waals surface area (Å²) in [5, 5.41) is 0. The third-order valence-electron chi connectivity index (χ3n) is 0.925. The van der Waals surface area contributed by atoms with Crippen LogP contribution in [0.4, 0.5) is 8.78 Å². The fourth-order valence-electron chi connectivity index (χ4n) is 0.515. The quantitative estimate of drug-likeness (QED) is 0.450. The van der Waals surface area contributed by atoms with Gasteiger partial charge in [0.25, 0.3) is 5.92 Å². The highest BCUT2D eigenvalue weighted by atomic mass is 19.3. The van der Waals surface area contributed by atoms with Gasteiger partial charge >= 0.3 is 0 Å². The number of hydrogen-bond acceptors (Lipinski definition) is 1. The highest BCUT2D eigenvalue weighted by molar-refractivity contribution is 4.69. The van der Waals surface area contributed by atoms with Crippen LogP contribution in [0.15, 0.2) is 0 Å². The molecule has 1 fully saturated rings. The monoisotopic (exact) mass is 108 g/mol. The third-order valence-corrected chi connectivity index (χ3v) is 0.925. The van der Waals surface area contributed by atoms with Gasteiger partial charge < -0.3 is 4.74 Å². The van der Waals surface area contributed by atoms with Crippen LogP contribution in [0.2, 0.25) is 0 Å². The van der Waals surface area contributed by atoms with Crippen LogP contribution in [-0.4, -0.2) is 19.1 Å². The molecule has 1 rings (SSSR count). The Morgan fingerprint density at radius 1 is 1.43 bits per heavy atom. The van der Waals surface area contributed by atoms with Gasteiger partial charge in [-0.2, -0.15) is 0 Å². The lowest BCUT2D eigenvalue weighted by Crippen LogP contribution is -2.13. The summed E-state index contributed by atoms with van der Waals surface area (Å²) < 4.78 is 28.0. The molecule has 0 unspecified atom stereocenters. The lowest BCUT2D eigenvalue weighted by molar-refractivity contribution is -0.00752. The van der Waals surface area contributed by atoms with E-state index in [0.29, 0.717) is 0 Å². The molecule has 0 aromatic rings. The molecule has 0 radical (unpaired) electrons. The second kappa shape index (κ2) is 1.40. The van der Waals surface area contributed by atoms with Gasteiger partial charge in [-0.3, -0.25) is 0 Å². The first kappa shape index (κ1) is 4.97. The fourth-order valence-corrected chi connectivity index (χ4v) is 0.515. The van der Waals surface area contributed by atoms with E-state index in [1.54, 1.807) is 0 Å². The normalized spacial score (nSPS) is 28.3. The molecule has 0 atom stereocenters. The van der Waals surface area contributed by atoms with Crippen LogP contribution in [0.25, 0.3) is 0 Å². The lowest BCUT2D eigenvalue weighted by atomic mass is 10.3. The number of hydrogen-bond donors (Lipinski definition) is 0. The van der Waals surface area contributed by atoms with Crippen molar-refractivity contribution in [2.75, 3.05) is 13.2 Å². The molecule has 0 N–H and O–H groups in total. The van der Waals surface area contributed by atoms with Crippen LogP contribution < -0.4 is 0 Å². The average molecular weight is 108 g/mol. The molecule has 0 spiro atoms. The van der Waals surface area contributed by atoms with Crippen molar-refractivity contribution in [1.29, 1.82) is 0 Å². The maximum Gasteiger partial charge on any atom is 0.273 e. The molecule has 1 saturated heterocycles. The molecule has 3 heteroatoms. The van der Waals surface area contributed by atoms with Gasteiger partial charge in [-0.25, -0.2) is 8.78 Å². The Morgan fingerprint density at radius 2 is 2.14 bits per heavy atom. The van der Waals surface area contributed by atoms with Crippen LogP contribution >= 0.6 is 0 Å². The van der Waals surface area contributed by atoms with Crippen LogP contribution in [0.1, 0.15) is 6.42 Å². The molecule has 0 bridgehead atoms. The molecule has 0 aromatic carbocycles. The van der Waals surface area contributed by atoms with E-state index < -0.39 is 5.92 Å². The molecule has 0 saturated carbocycles. The van der Waals surface area contributed by atoms with E-state index in [0.717, 1.165) is 0 Å². The first-order valence-electron chi connectivity index (χ1n) is 2.16. The van der Waals surface area contributed by atoms with Gasteiger partial charge in [0.2, 0.25) is 0 Å². The van der Waals surface area contributed by atoms with Gasteiger partial charge in [0.1, 0.15) is 6.61 Å². The molecule has 1 aliphatic heterocycles. The summed E-state index contributed by atoms with van der Waals surface area (Å²) in [7, 11) is 0. The van der Waals surface area contributed by atoms with Gasteiger partial charge in [0.15, 0.2) is 0 Å². The molecule has 0 amide bonds. The van der Waals surface area contributed by atoms with E-state index >= 15 is 0 Å². The van der Waals surface area contributed by atoms with Crippen molar-refractivity contribution in [3.8, 4) is 0 Å². The van der Waals surface area contributed by atoms with Crippen molar-refractivity contribution in [3.63, 3.8) is 0 Å². The number of halogens is 2. The van der Waals surface area contributed by atoms with Crippen LogP contribution in [0.5, 0.6) is 0 Å². The zero-order chi connectivity index (χ0) is 5.33. The minimum atomic E-state index is -2.53. The molecular weight excluding hydrogens is 102 g/mol. The predicted octanol–water partition coefficient (Wildman–Crippen LogP) is 1.04. The Balaban J connectivity index is 2.40. The average Bonchev–Trinajstić information content (AvgIpc) is 1.84. The van der Waals surface area contributed by atoms with Gasteiger partial charge in [-0.15, -0.1) is 0 Å². The summed E-state index contributed by atoms with van der Waals surface area (Å²) in [5.74, 6) is -2.53. The van der Waals surface area contributed by atoms with Crippen molar-refractivity contribution < 1.29 is 13.5 Å². The van der Waals surface area contributed by atoms with Crippen LogP contribution in [-0.2, 0) is 4.74 Å². The minimum absolute atomic E-state index is 0.104. The second-order valence-corrected chi connectivity index (χ2v) is 1.66. The van der Waals surface area contributed by atoms with Gasteiger partial charge in [0, 0.05) is 6.42 Å². The van der Waals surface area contributed by atoms with E-state index in [1.807, 2.05) is 0 Å². The molecule has 1 heterocycles. The van der Waals surface area contributed by atoms with Crippen LogP contribution in [0.3, 0.4) is 0 Å². The van der Waals surface area contributed by atoms with E-state index in [4.69, 9.17) is 0 Å². The third kappa shape index (κ3) is 1.09. The lowest BCUT2D eigenvalue weighted by Gasteiger charge is -2.00. The molecule has 1 nitrogen and oxygen atoms in total. The van der Waals surface area contributed by atoms with Gasteiger partial charge in [0.05, 0.1) is 6.61 Å². The van der Waals surface area contributed by atoms with Gasteiger partial charge in [-0.05, 0) is 0 Å². The molecular formula is C4H6F2O. The van der Waals surface area contributed by atoms with E-state index in [-0.39, 0.29) is 19.6 Å². The highest BCUT2D eigenvalue weighted by Gasteiger charge is 2.33. The first-order valence-corrected chi connectivity index (χ1v) is 2.16. The molecule has 42 valence electrons. The minimum Gasteiger partial charge on any atom is -0.375 e. The van der Waals surface area contributed by atoms with Crippen molar-refractivity contribution in [3.05, 3.63) is 0 Å². The van der Waals surface area contributed by atoms with E-state index in [9.17, 15) is 8.78 Å².